The molecule has 2 atom stereocenters. The number of nitrogens with zero attached hydrogens (tertiary/aromatic N) is 1. The van der Waals surface area contributed by atoms with E-state index in [1.165, 1.54) is 0 Å². The summed E-state index contributed by atoms with van der Waals surface area (Å²) in [6, 6.07) is 0.499. The van der Waals surface area contributed by atoms with E-state index in [1.807, 2.05) is 25.9 Å². The zero-order valence-electron chi connectivity index (χ0n) is 11.2. The lowest BCUT2D eigenvalue weighted by Crippen LogP contribution is -2.49. The zero-order valence-corrected chi connectivity index (χ0v) is 11.2. The van der Waals surface area contributed by atoms with E-state index in [0.29, 0.717) is 25.0 Å². The maximum atomic E-state index is 10.1. The highest BCUT2D eigenvalue weighted by Crippen LogP contribution is 2.08. The van der Waals surface area contributed by atoms with Gasteiger partial charge in [0.2, 0.25) is 0 Å². The number of hydrogen-bond acceptors (Lipinski definition) is 3. The molecule has 2 N–H and O–H groups in total. The predicted octanol–water partition coefficient (Wildman–Crippen LogP) is 1.32. The molecule has 0 saturated heterocycles. The van der Waals surface area contributed by atoms with Gasteiger partial charge in [-0.25, -0.2) is 0 Å². The Morgan fingerprint density at radius 1 is 1.33 bits per heavy atom. The van der Waals surface area contributed by atoms with E-state index in [-0.39, 0.29) is 0 Å². The molecule has 0 radical (unpaired) electrons. The second-order valence-electron chi connectivity index (χ2n) is 5.37. The van der Waals surface area contributed by atoms with Gasteiger partial charge in [-0.05, 0) is 33.4 Å². The molecule has 2 unspecified atom stereocenters. The molecule has 0 amide bonds. The quantitative estimate of drug-likeness (QED) is 0.674. The highest BCUT2D eigenvalue weighted by molar-refractivity contribution is 4.81. The van der Waals surface area contributed by atoms with Gasteiger partial charge in [0.05, 0.1) is 5.60 Å². The van der Waals surface area contributed by atoms with Crippen molar-refractivity contribution in [1.29, 1.82) is 0 Å². The summed E-state index contributed by atoms with van der Waals surface area (Å²) in [6.45, 7) is 9.82. The van der Waals surface area contributed by atoms with Crippen LogP contribution in [0.1, 0.15) is 34.1 Å². The summed E-state index contributed by atoms with van der Waals surface area (Å²) in [5.41, 5.74) is -0.647. The summed E-state index contributed by atoms with van der Waals surface area (Å²) in [6.07, 6.45) is 1.11. The van der Waals surface area contributed by atoms with E-state index in [1.54, 1.807) is 0 Å². The van der Waals surface area contributed by atoms with Gasteiger partial charge in [-0.15, -0.1) is 0 Å². The molecule has 0 rings (SSSR count). The first-order valence-corrected chi connectivity index (χ1v) is 5.89. The molecule has 0 aliphatic heterocycles. The minimum Gasteiger partial charge on any atom is -0.388 e. The Morgan fingerprint density at radius 3 is 2.20 bits per heavy atom. The van der Waals surface area contributed by atoms with Crippen LogP contribution in [-0.4, -0.2) is 48.8 Å². The second-order valence-corrected chi connectivity index (χ2v) is 5.37. The first kappa shape index (κ1) is 14.9. The summed E-state index contributed by atoms with van der Waals surface area (Å²) in [5.74, 6) is 0.616. The van der Waals surface area contributed by atoms with Crippen LogP contribution in [0.2, 0.25) is 0 Å². The SMILES string of the molecule is CCC(NCC(C)(O)CN(C)C)C(C)C. The highest BCUT2D eigenvalue weighted by atomic mass is 16.3. The molecule has 3 nitrogen and oxygen atoms in total. The van der Waals surface area contributed by atoms with Crippen molar-refractivity contribution >= 4 is 0 Å². The fraction of sp³-hybridized carbons (Fsp3) is 1.00. The molecule has 0 spiro atoms. The third-order valence-electron chi connectivity index (χ3n) is 2.65. The molecule has 92 valence electrons. The molecular weight excluding hydrogens is 188 g/mol. The average Bonchev–Trinajstić information content (AvgIpc) is 2.01. The summed E-state index contributed by atoms with van der Waals surface area (Å²) in [5, 5.41) is 13.5. The third kappa shape index (κ3) is 6.88. The lowest BCUT2D eigenvalue weighted by atomic mass is 10.00. The van der Waals surface area contributed by atoms with E-state index in [2.05, 4.69) is 26.1 Å². The van der Waals surface area contributed by atoms with Crippen molar-refractivity contribution in [3.63, 3.8) is 0 Å². The van der Waals surface area contributed by atoms with E-state index >= 15 is 0 Å². The fourth-order valence-electron chi connectivity index (χ4n) is 1.94. The second kappa shape index (κ2) is 6.46. The number of likely N-dealkylation sites (N-methyl/N-ethyl adjacent to an activating group) is 1. The number of rotatable bonds is 7. The number of hydrogen-bond donors (Lipinski definition) is 2. The molecule has 0 aliphatic rings. The molecule has 0 heterocycles. The number of aliphatic hydroxyl groups is 1. The molecule has 3 heteroatoms. The van der Waals surface area contributed by atoms with Crippen LogP contribution in [0.4, 0.5) is 0 Å². The lowest BCUT2D eigenvalue weighted by Gasteiger charge is -2.30. The van der Waals surface area contributed by atoms with Crippen molar-refractivity contribution in [3.05, 3.63) is 0 Å². The Hall–Kier alpha value is -0.120. The average molecular weight is 216 g/mol. The predicted molar refractivity (Wildman–Crippen MR) is 66.1 cm³/mol. The van der Waals surface area contributed by atoms with Crippen LogP contribution in [0.15, 0.2) is 0 Å². The maximum Gasteiger partial charge on any atom is 0.0869 e. The van der Waals surface area contributed by atoms with E-state index < -0.39 is 5.60 Å². The molecule has 0 fully saturated rings. The van der Waals surface area contributed by atoms with Gasteiger partial charge in [0.1, 0.15) is 0 Å². The molecule has 0 aliphatic carbocycles. The van der Waals surface area contributed by atoms with Crippen LogP contribution < -0.4 is 5.32 Å². The van der Waals surface area contributed by atoms with Gasteiger partial charge in [-0.1, -0.05) is 20.8 Å². The standard InChI is InChI=1S/C12H28N2O/c1-7-11(10(2)3)13-8-12(4,15)9-14(5)6/h10-11,13,15H,7-9H2,1-6H3. The van der Waals surface area contributed by atoms with Crippen molar-refractivity contribution in [2.75, 3.05) is 27.2 Å². The van der Waals surface area contributed by atoms with Crippen molar-refractivity contribution < 1.29 is 5.11 Å². The Balaban J connectivity index is 4.00. The minimum atomic E-state index is -0.647. The van der Waals surface area contributed by atoms with Crippen molar-refractivity contribution in [2.45, 2.75) is 45.8 Å². The lowest BCUT2D eigenvalue weighted by molar-refractivity contribution is 0.0298. The minimum absolute atomic E-state index is 0.499. The molecule has 15 heavy (non-hydrogen) atoms. The van der Waals surface area contributed by atoms with E-state index in [9.17, 15) is 5.11 Å². The first-order valence-electron chi connectivity index (χ1n) is 5.89. The van der Waals surface area contributed by atoms with Gasteiger partial charge < -0.3 is 15.3 Å². The van der Waals surface area contributed by atoms with Gasteiger partial charge in [0, 0.05) is 19.1 Å². The summed E-state index contributed by atoms with van der Waals surface area (Å²) in [7, 11) is 3.96. The van der Waals surface area contributed by atoms with Crippen molar-refractivity contribution in [1.82, 2.24) is 10.2 Å². The van der Waals surface area contributed by atoms with Gasteiger partial charge in [-0.3, -0.25) is 0 Å². The molecule has 0 saturated carbocycles. The largest absolute Gasteiger partial charge is 0.388 e. The van der Waals surface area contributed by atoms with Crippen LogP contribution in [-0.2, 0) is 0 Å². The van der Waals surface area contributed by atoms with Gasteiger partial charge >= 0.3 is 0 Å². The van der Waals surface area contributed by atoms with Crippen LogP contribution in [0.25, 0.3) is 0 Å². The first-order chi connectivity index (χ1) is 6.78. The van der Waals surface area contributed by atoms with Gasteiger partial charge in [0.15, 0.2) is 0 Å². The Kier molecular flexibility index (Phi) is 6.41. The number of nitrogens with one attached hydrogen (secondary N) is 1. The van der Waals surface area contributed by atoms with Crippen LogP contribution >= 0.6 is 0 Å². The fourth-order valence-corrected chi connectivity index (χ4v) is 1.94. The topological polar surface area (TPSA) is 35.5 Å². The van der Waals surface area contributed by atoms with Crippen LogP contribution in [0, 0.1) is 5.92 Å². The third-order valence-corrected chi connectivity index (χ3v) is 2.65. The maximum absolute atomic E-state index is 10.1. The molecule has 0 aromatic carbocycles. The molecule has 0 bridgehead atoms. The molecule has 0 aromatic heterocycles. The molecular formula is C12H28N2O. The smallest absolute Gasteiger partial charge is 0.0869 e. The Morgan fingerprint density at radius 2 is 1.87 bits per heavy atom. The van der Waals surface area contributed by atoms with Crippen molar-refractivity contribution in [3.8, 4) is 0 Å². The van der Waals surface area contributed by atoms with E-state index in [0.717, 1.165) is 6.42 Å². The highest BCUT2D eigenvalue weighted by Gasteiger charge is 2.22. The Bertz CT molecular complexity index is 167. The Labute approximate surface area is 94.9 Å². The summed E-state index contributed by atoms with van der Waals surface area (Å²) < 4.78 is 0. The van der Waals surface area contributed by atoms with E-state index in [4.69, 9.17) is 0 Å². The van der Waals surface area contributed by atoms with Crippen LogP contribution in [0.5, 0.6) is 0 Å². The summed E-state index contributed by atoms with van der Waals surface area (Å²) >= 11 is 0. The molecule has 0 aromatic rings. The van der Waals surface area contributed by atoms with Crippen molar-refractivity contribution in [2.24, 2.45) is 5.92 Å². The van der Waals surface area contributed by atoms with Gasteiger partial charge in [-0.2, -0.15) is 0 Å². The van der Waals surface area contributed by atoms with Gasteiger partial charge in [0.25, 0.3) is 0 Å². The monoisotopic (exact) mass is 216 g/mol. The summed E-state index contributed by atoms with van der Waals surface area (Å²) in [4.78, 5) is 2.01. The van der Waals surface area contributed by atoms with Crippen LogP contribution in [0.3, 0.4) is 0 Å². The zero-order chi connectivity index (χ0) is 12.1. The normalized spacial score (nSPS) is 18.2.